The Morgan fingerprint density at radius 3 is 2.74 bits per heavy atom. The molecule has 0 saturated carbocycles. The molecule has 1 aromatic heterocycles. The van der Waals surface area contributed by atoms with Crippen molar-refractivity contribution in [2.24, 2.45) is 11.8 Å². The van der Waals surface area contributed by atoms with Crippen molar-refractivity contribution < 1.29 is 13.9 Å². The van der Waals surface area contributed by atoms with Crippen LogP contribution in [0, 0.1) is 18.8 Å². The van der Waals surface area contributed by atoms with Gasteiger partial charge in [-0.3, -0.25) is 4.79 Å². The van der Waals surface area contributed by atoms with Crippen molar-refractivity contribution in [3.05, 3.63) is 23.7 Å². The summed E-state index contributed by atoms with van der Waals surface area (Å²) in [6.45, 7) is 5.47. The molecule has 2 atom stereocenters. The van der Waals surface area contributed by atoms with Gasteiger partial charge in [0.05, 0.1) is 18.3 Å². The molecule has 0 radical (unpaired) electrons. The van der Waals surface area contributed by atoms with Gasteiger partial charge in [-0.25, -0.2) is 0 Å². The first-order valence-electron chi connectivity index (χ1n) is 8.64. The summed E-state index contributed by atoms with van der Waals surface area (Å²) < 4.78 is 11.3. The fourth-order valence-electron chi connectivity index (χ4n) is 3.89. The van der Waals surface area contributed by atoms with E-state index in [9.17, 15) is 4.79 Å². The van der Waals surface area contributed by atoms with Crippen molar-refractivity contribution in [3.63, 3.8) is 0 Å². The topological polar surface area (TPSA) is 45.9 Å². The lowest BCUT2D eigenvalue weighted by Crippen LogP contribution is -2.42. The van der Waals surface area contributed by atoms with E-state index in [0.29, 0.717) is 19.1 Å². The van der Waals surface area contributed by atoms with Gasteiger partial charge in [0.15, 0.2) is 0 Å². The number of carbonyl (C=O) groups excluding carboxylic acids is 1. The van der Waals surface area contributed by atoms with E-state index < -0.39 is 0 Å². The van der Waals surface area contributed by atoms with Crippen molar-refractivity contribution in [1.29, 1.82) is 0 Å². The van der Waals surface area contributed by atoms with Crippen LogP contribution in [0.1, 0.15) is 30.6 Å². The third-order valence-corrected chi connectivity index (χ3v) is 5.43. The Balaban J connectivity index is 1.62. The summed E-state index contributed by atoms with van der Waals surface area (Å²) in [5, 5.41) is 0. The second-order valence-corrected chi connectivity index (χ2v) is 7.07. The molecule has 0 N–H and O–H groups in total. The average Bonchev–Trinajstić information content (AvgIpc) is 3.17. The molecule has 5 heteroatoms. The van der Waals surface area contributed by atoms with E-state index in [-0.39, 0.29) is 17.9 Å². The molecule has 3 heterocycles. The van der Waals surface area contributed by atoms with Gasteiger partial charge in [-0.15, -0.1) is 0 Å². The first-order chi connectivity index (χ1) is 11.1. The van der Waals surface area contributed by atoms with Gasteiger partial charge >= 0.3 is 0 Å². The summed E-state index contributed by atoms with van der Waals surface area (Å²) in [5.41, 5.74) is 1.08. The SMILES string of the molecule is Cc1occc1CN(C)C(=O)[C@H]1CCO[C@@H]1C1CCN(C)CC1. The van der Waals surface area contributed by atoms with E-state index >= 15 is 0 Å². The minimum Gasteiger partial charge on any atom is -0.469 e. The molecular formula is C18H28N2O3. The third kappa shape index (κ3) is 3.61. The maximum absolute atomic E-state index is 12.9. The number of hydrogen-bond acceptors (Lipinski definition) is 4. The summed E-state index contributed by atoms with van der Waals surface area (Å²) >= 11 is 0. The van der Waals surface area contributed by atoms with Crippen LogP contribution in [0.5, 0.6) is 0 Å². The summed E-state index contributed by atoms with van der Waals surface area (Å²) in [6, 6.07) is 1.94. The first kappa shape index (κ1) is 16.5. The molecule has 1 aromatic rings. The van der Waals surface area contributed by atoms with Gasteiger partial charge in [0.1, 0.15) is 5.76 Å². The van der Waals surface area contributed by atoms with E-state index in [1.165, 1.54) is 0 Å². The van der Waals surface area contributed by atoms with Crippen molar-refractivity contribution in [2.45, 2.75) is 38.8 Å². The number of rotatable bonds is 4. The minimum absolute atomic E-state index is 0.0145. The second-order valence-electron chi connectivity index (χ2n) is 7.07. The van der Waals surface area contributed by atoms with Crippen LogP contribution in [0.25, 0.3) is 0 Å². The Morgan fingerprint density at radius 1 is 1.35 bits per heavy atom. The third-order valence-electron chi connectivity index (χ3n) is 5.43. The van der Waals surface area contributed by atoms with E-state index in [2.05, 4.69) is 11.9 Å². The number of furan rings is 1. The van der Waals surface area contributed by atoms with Crippen molar-refractivity contribution in [3.8, 4) is 0 Å². The average molecular weight is 320 g/mol. The summed E-state index contributed by atoms with van der Waals surface area (Å²) in [6.07, 6.45) is 4.91. The highest BCUT2D eigenvalue weighted by Crippen LogP contribution is 2.34. The lowest BCUT2D eigenvalue weighted by atomic mass is 9.83. The van der Waals surface area contributed by atoms with Crippen LogP contribution in [0.2, 0.25) is 0 Å². The standard InChI is InChI=1S/C18H28N2O3/c1-13-15(6-10-22-13)12-20(3)18(21)16-7-11-23-17(16)14-4-8-19(2)9-5-14/h6,10,14,16-17H,4-5,7-9,11-12H2,1-3H3/t16-,17+/m0/s1. The maximum Gasteiger partial charge on any atom is 0.228 e. The Hall–Kier alpha value is -1.33. The molecule has 0 unspecified atom stereocenters. The summed E-state index contributed by atoms with van der Waals surface area (Å²) in [4.78, 5) is 17.1. The van der Waals surface area contributed by atoms with Gasteiger partial charge in [-0.05, 0) is 58.3 Å². The number of nitrogens with zero attached hydrogens (tertiary/aromatic N) is 2. The van der Waals surface area contributed by atoms with Crippen molar-refractivity contribution in [2.75, 3.05) is 33.8 Å². The van der Waals surface area contributed by atoms with Crippen molar-refractivity contribution in [1.82, 2.24) is 9.80 Å². The Kier molecular flexibility index (Phi) is 5.07. The number of amides is 1. The molecule has 5 nitrogen and oxygen atoms in total. The van der Waals surface area contributed by atoms with Crippen LogP contribution < -0.4 is 0 Å². The zero-order valence-corrected chi connectivity index (χ0v) is 14.5. The van der Waals surface area contributed by atoms with Crippen LogP contribution in [0.15, 0.2) is 16.7 Å². The fraction of sp³-hybridized carbons (Fsp3) is 0.722. The largest absolute Gasteiger partial charge is 0.469 e. The molecule has 1 amide bonds. The molecule has 3 rings (SSSR count). The summed E-state index contributed by atoms with van der Waals surface area (Å²) in [5.74, 6) is 1.64. The minimum atomic E-state index is 0.0145. The van der Waals surface area contributed by atoms with Gasteiger partial charge in [-0.2, -0.15) is 0 Å². The molecule has 128 valence electrons. The number of carbonyl (C=O) groups is 1. The normalized spacial score (nSPS) is 26.6. The van der Waals surface area contributed by atoms with E-state index in [1.807, 2.05) is 24.9 Å². The predicted octanol–water partition coefficient (Wildman–Crippen LogP) is 2.29. The van der Waals surface area contributed by atoms with E-state index in [0.717, 1.165) is 43.7 Å². The quantitative estimate of drug-likeness (QED) is 0.854. The molecule has 2 saturated heterocycles. The highest BCUT2D eigenvalue weighted by molar-refractivity contribution is 5.79. The van der Waals surface area contributed by atoms with Gasteiger partial charge in [-0.1, -0.05) is 0 Å². The predicted molar refractivity (Wildman–Crippen MR) is 88.0 cm³/mol. The molecule has 0 aliphatic carbocycles. The second kappa shape index (κ2) is 7.05. The van der Waals surface area contributed by atoms with Gasteiger partial charge in [0, 0.05) is 25.8 Å². The van der Waals surface area contributed by atoms with E-state index in [4.69, 9.17) is 9.15 Å². The lowest BCUT2D eigenvalue weighted by molar-refractivity contribution is -0.138. The zero-order valence-electron chi connectivity index (χ0n) is 14.5. The van der Waals surface area contributed by atoms with Crippen LogP contribution in [-0.2, 0) is 16.1 Å². The first-order valence-corrected chi connectivity index (χ1v) is 8.64. The van der Waals surface area contributed by atoms with Gasteiger partial charge in [0.25, 0.3) is 0 Å². The van der Waals surface area contributed by atoms with Gasteiger partial charge < -0.3 is 19.0 Å². The van der Waals surface area contributed by atoms with Gasteiger partial charge in [0.2, 0.25) is 5.91 Å². The molecule has 2 fully saturated rings. The highest BCUT2D eigenvalue weighted by atomic mass is 16.5. The monoisotopic (exact) mass is 320 g/mol. The number of likely N-dealkylation sites (tertiary alicyclic amines) is 1. The van der Waals surface area contributed by atoms with Crippen LogP contribution in [0.3, 0.4) is 0 Å². The molecule has 0 aromatic carbocycles. The number of aryl methyl sites for hydroxylation is 1. The van der Waals surface area contributed by atoms with Crippen LogP contribution in [-0.4, -0.2) is 55.6 Å². The summed E-state index contributed by atoms with van der Waals surface area (Å²) in [7, 11) is 4.05. The molecule has 23 heavy (non-hydrogen) atoms. The molecule has 2 aliphatic heterocycles. The smallest absolute Gasteiger partial charge is 0.228 e. The molecular weight excluding hydrogens is 292 g/mol. The lowest BCUT2D eigenvalue weighted by Gasteiger charge is -2.35. The Labute approximate surface area is 138 Å². The maximum atomic E-state index is 12.9. The highest BCUT2D eigenvalue weighted by Gasteiger charge is 2.41. The molecule has 2 aliphatic rings. The Morgan fingerprint density at radius 2 is 2.09 bits per heavy atom. The number of piperidine rings is 1. The molecule has 0 spiro atoms. The van der Waals surface area contributed by atoms with Crippen LogP contribution in [0.4, 0.5) is 0 Å². The molecule has 0 bridgehead atoms. The Bertz CT molecular complexity index is 534. The number of ether oxygens (including phenoxy) is 1. The van der Waals surface area contributed by atoms with Crippen LogP contribution >= 0.6 is 0 Å². The zero-order chi connectivity index (χ0) is 16.4. The van der Waals surface area contributed by atoms with E-state index in [1.54, 1.807) is 6.26 Å². The van der Waals surface area contributed by atoms with Crippen molar-refractivity contribution >= 4 is 5.91 Å². The number of hydrogen-bond donors (Lipinski definition) is 0. The fourth-order valence-corrected chi connectivity index (χ4v) is 3.89.